The fourth-order valence-electron chi connectivity index (χ4n) is 2.43. The molecular weight excluding hydrogens is 396 g/mol. The van der Waals surface area contributed by atoms with Crippen molar-refractivity contribution in [3.05, 3.63) is 35.9 Å². The largest absolute Gasteiger partial charge is 0.463 e. The molecule has 0 saturated heterocycles. The van der Waals surface area contributed by atoms with Crippen molar-refractivity contribution < 1.29 is 23.7 Å². The van der Waals surface area contributed by atoms with Crippen LogP contribution in [-0.2, 0) is 30.3 Å². The number of esters is 1. The highest BCUT2D eigenvalue weighted by atomic mass is 32.1. The summed E-state index contributed by atoms with van der Waals surface area (Å²) in [6.45, 7) is 3.33. The van der Waals surface area contributed by atoms with Crippen LogP contribution in [0, 0.1) is 0 Å². The first kappa shape index (κ1) is 25.3. The molecule has 0 bridgehead atoms. The molecule has 1 unspecified atom stereocenters. The molecule has 0 aliphatic heterocycles. The Morgan fingerprint density at radius 3 is 2.18 bits per heavy atom. The third-order valence-electron chi connectivity index (χ3n) is 3.98. The van der Waals surface area contributed by atoms with Crippen LogP contribution in [0.5, 0.6) is 0 Å². The molecule has 1 aromatic carbocycles. The van der Waals surface area contributed by atoms with Gasteiger partial charge in [-0.15, -0.1) is 0 Å². The number of hydrogen-bond donors (Lipinski definition) is 2. The minimum atomic E-state index is -0.166. The van der Waals surface area contributed by atoms with E-state index in [1.54, 1.807) is 0 Å². The lowest BCUT2D eigenvalue weighted by Gasteiger charge is -2.09. The van der Waals surface area contributed by atoms with Crippen LogP contribution >= 0.6 is 25.3 Å². The van der Waals surface area contributed by atoms with E-state index in [-0.39, 0.29) is 12.6 Å². The third-order valence-corrected chi connectivity index (χ3v) is 4.75. The second-order valence-corrected chi connectivity index (χ2v) is 7.57. The second kappa shape index (κ2) is 18.3. The van der Waals surface area contributed by atoms with Gasteiger partial charge in [-0.1, -0.05) is 36.8 Å². The summed E-state index contributed by atoms with van der Waals surface area (Å²) in [7, 11) is 0. The summed E-state index contributed by atoms with van der Waals surface area (Å²) in [5.74, 6) is 0.684. The van der Waals surface area contributed by atoms with Gasteiger partial charge in [-0.05, 0) is 30.6 Å². The molecular formula is C21H34O5S2. The van der Waals surface area contributed by atoms with Gasteiger partial charge in [-0.3, -0.25) is 4.79 Å². The van der Waals surface area contributed by atoms with Crippen molar-refractivity contribution in [3.8, 4) is 0 Å². The maximum Gasteiger partial charge on any atom is 0.305 e. The van der Waals surface area contributed by atoms with Crippen molar-refractivity contribution in [2.24, 2.45) is 0 Å². The van der Waals surface area contributed by atoms with Crippen LogP contribution in [0.3, 0.4) is 0 Å². The maximum atomic E-state index is 11.6. The fraction of sp³-hybridized carbons (Fsp3) is 0.667. The number of benzene rings is 1. The standard InChI is InChI=1S/C21H34O5S2/c22-21(9-5-4-8-20(28)10-17-27)26-16-15-24-12-11-23-13-14-25-18-19-6-2-1-3-7-19/h1-3,6-7,20,27-28H,4-5,8-18H2. The Balaban J connectivity index is 1.79. The Kier molecular flexibility index (Phi) is 16.5. The number of thiol groups is 2. The number of unbranched alkanes of at least 4 members (excludes halogenated alkanes) is 1. The smallest absolute Gasteiger partial charge is 0.305 e. The van der Waals surface area contributed by atoms with E-state index in [9.17, 15) is 4.79 Å². The molecule has 160 valence electrons. The highest BCUT2D eigenvalue weighted by molar-refractivity contribution is 7.81. The molecule has 0 heterocycles. The molecule has 1 atom stereocenters. The van der Waals surface area contributed by atoms with Gasteiger partial charge in [0.1, 0.15) is 6.61 Å². The number of carbonyl (C=O) groups is 1. The summed E-state index contributed by atoms with van der Waals surface area (Å²) in [5, 5.41) is 0.375. The van der Waals surface area contributed by atoms with E-state index in [0.717, 1.165) is 37.0 Å². The fourth-order valence-corrected chi connectivity index (χ4v) is 3.26. The van der Waals surface area contributed by atoms with Gasteiger partial charge >= 0.3 is 5.97 Å². The molecule has 0 aliphatic carbocycles. The van der Waals surface area contributed by atoms with Crippen molar-refractivity contribution in [2.45, 2.75) is 44.0 Å². The quantitative estimate of drug-likeness (QED) is 0.210. The first-order valence-electron chi connectivity index (χ1n) is 9.94. The van der Waals surface area contributed by atoms with Gasteiger partial charge in [0.05, 0.1) is 39.6 Å². The number of rotatable bonds is 18. The molecule has 0 fully saturated rings. The van der Waals surface area contributed by atoms with E-state index < -0.39 is 0 Å². The highest BCUT2D eigenvalue weighted by Crippen LogP contribution is 2.12. The van der Waals surface area contributed by atoms with Crippen LogP contribution in [0.1, 0.15) is 37.7 Å². The Morgan fingerprint density at radius 2 is 1.50 bits per heavy atom. The van der Waals surface area contributed by atoms with Gasteiger partial charge in [-0.2, -0.15) is 25.3 Å². The predicted molar refractivity (Wildman–Crippen MR) is 118 cm³/mol. The van der Waals surface area contributed by atoms with E-state index in [1.807, 2.05) is 30.3 Å². The summed E-state index contributed by atoms with van der Waals surface area (Å²) in [6.07, 6.45) is 4.28. The molecule has 1 aromatic rings. The third kappa shape index (κ3) is 15.2. The maximum absolute atomic E-state index is 11.6. The van der Waals surface area contributed by atoms with Crippen LogP contribution in [0.4, 0.5) is 0 Å². The molecule has 0 radical (unpaired) electrons. The van der Waals surface area contributed by atoms with E-state index in [0.29, 0.717) is 51.3 Å². The Hall–Kier alpha value is -0.730. The summed E-state index contributed by atoms with van der Waals surface area (Å²) in [6, 6.07) is 10.0. The van der Waals surface area contributed by atoms with Crippen LogP contribution in [0.15, 0.2) is 30.3 Å². The van der Waals surface area contributed by atoms with Crippen molar-refractivity contribution in [1.29, 1.82) is 0 Å². The van der Waals surface area contributed by atoms with Crippen LogP contribution < -0.4 is 0 Å². The molecule has 0 aromatic heterocycles. The number of carbonyl (C=O) groups excluding carboxylic acids is 1. The average molecular weight is 431 g/mol. The molecule has 0 N–H and O–H groups in total. The van der Waals surface area contributed by atoms with E-state index in [4.69, 9.17) is 18.9 Å². The van der Waals surface area contributed by atoms with E-state index >= 15 is 0 Å². The molecule has 0 aliphatic rings. The molecule has 28 heavy (non-hydrogen) atoms. The van der Waals surface area contributed by atoms with E-state index in [2.05, 4.69) is 25.3 Å². The van der Waals surface area contributed by atoms with Crippen molar-refractivity contribution in [3.63, 3.8) is 0 Å². The first-order valence-corrected chi connectivity index (χ1v) is 11.1. The molecule has 0 amide bonds. The Labute approximate surface area is 180 Å². The topological polar surface area (TPSA) is 54.0 Å². The van der Waals surface area contributed by atoms with Gasteiger partial charge in [0.25, 0.3) is 0 Å². The van der Waals surface area contributed by atoms with Gasteiger partial charge in [0.2, 0.25) is 0 Å². The highest BCUT2D eigenvalue weighted by Gasteiger charge is 2.05. The van der Waals surface area contributed by atoms with E-state index in [1.165, 1.54) is 0 Å². The Morgan fingerprint density at radius 1 is 0.857 bits per heavy atom. The molecule has 0 spiro atoms. The molecule has 1 rings (SSSR count). The van der Waals surface area contributed by atoms with Gasteiger partial charge < -0.3 is 18.9 Å². The van der Waals surface area contributed by atoms with Gasteiger partial charge in [0.15, 0.2) is 0 Å². The van der Waals surface area contributed by atoms with Gasteiger partial charge in [-0.25, -0.2) is 0 Å². The van der Waals surface area contributed by atoms with Crippen LogP contribution in [-0.4, -0.2) is 56.6 Å². The lowest BCUT2D eigenvalue weighted by atomic mass is 10.1. The lowest BCUT2D eigenvalue weighted by molar-refractivity contribution is -0.145. The molecule has 0 saturated carbocycles. The monoisotopic (exact) mass is 430 g/mol. The second-order valence-electron chi connectivity index (χ2n) is 6.40. The first-order chi connectivity index (χ1) is 13.7. The van der Waals surface area contributed by atoms with Crippen LogP contribution in [0.2, 0.25) is 0 Å². The summed E-state index contributed by atoms with van der Waals surface area (Å²) in [5.41, 5.74) is 1.15. The summed E-state index contributed by atoms with van der Waals surface area (Å²) < 4.78 is 21.5. The Bertz CT molecular complexity index is 487. The molecule has 7 heteroatoms. The zero-order valence-corrected chi connectivity index (χ0v) is 18.4. The summed E-state index contributed by atoms with van der Waals surface area (Å²) in [4.78, 5) is 11.6. The average Bonchev–Trinajstić information content (AvgIpc) is 2.70. The SMILES string of the molecule is O=C(CCCCC(S)CCS)OCCOCCOCCOCc1ccccc1. The normalized spacial score (nSPS) is 12.1. The number of ether oxygens (including phenoxy) is 4. The lowest BCUT2D eigenvalue weighted by Crippen LogP contribution is -2.14. The van der Waals surface area contributed by atoms with Crippen molar-refractivity contribution in [2.75, 3.05) is 45.4 Å². The number of hydrogen-bond acceptors (Lipinski definition) is 7. The zero-order chi connectivity index (χ0) is 20.3. The summed E-state index contributed by atoms with van der Waals surface area (Å²) >= 11 is 8.66. The minimum Gasteiger partial charge on any atom is -0.463 e. The zero-order valence-electron chi connectivity index (χ0n) is 16.6. The van der Waals surface area contributed by atoms with Crippen molar-refractivity contribution in [1.82, 2.24) is 0 Å². The minimum absolute atomic E-state index is 0.166. The van der Waals surface area contributed by atoms with Gasteiger partial charge in [0, 0.05) is 11.7 Å². The predicted octanol–water partition coefficient (Wildman–Crippen LogP) is 3.96. The van der Waals surface area contributed by atoms with Crippen molar-refractivity contribution >= 4 is 31.2 Å². The van der Waals surface area contributed by atoms with Crippen LogP contribution in [0.25, 0.3) is 0 Å². The molecule has 5 nitrogen and oxygen atoms in total.